The van der Waals surface area contributed by atoms with Crippen LogP contribution in [0.4, 0.5) is 0 Å². The van der Waals surface area contributed by atoms with Crippen molar-refractivity contribution in [2.24, 2.45) is 7.05 Å². The summed E-state index contributed by atoms with van der Waals surface area (Å²) < 4.78 is 21.9. The molecule has 0 radical (unpaired) electrons. The maximum atomic E-state index is 13.7. The lowest BCUT2D eigenvalue weighted by Crippen LogP contribution is -2.50. The highest BCUT2D eigenvalue weighted by molar-refractivity contribution is 6.78. The minimum Gasteiger partial charge on any atom is -0.543 e. The number of methoxy groups -OCH3 is 2. The Morgan fingerprint density at radius 2 is 1.30 bits per heavy atom. The van der Waals surface area contributed by atoms with Gasteiger partial charge in [-0.25, -0.2) is 0 Å². The topological polar surface area (TPSA) is 54.6 Å². The number of aromatic nitrogens is 2. The summed E-state index contributed by atoms with van der Waals surface area (Å²) in [6, 6.07) is 13.8. The normalized spacial score (nSPS) is 12.2. The zero-order valence-electron chi connectivity index (χ0n) is 24.4. The van der Waals surface area contributed by atoms with Crippen LogP contribution in [0.3, 0.4) is 0 Å². The Hall–Kier alpha value is -2.93. The van der Waals surface area contributed by atoms with E-state index in [4.69, 9.17) is 13.9 Å². The summed E-state index contributed by atoms with van der Waals surface area (Å²) in [4.78, 5) is 13.7. The molecule has 3 rings (SSSR count). The van der Waals surface area contributed by atoms with Crippen LogP contribution in [-0.2, 0) is 7.05 Å². The lowest BCUT2D eigenvalue weighted by molar-refractivity contribution is 0.411. The van der Waals surface area contributed by atoms with Gasteiger partial charge in [0.25, 0.3) is 13.9 Å². The molecule has 0 saturated heterocycles. The van der Waals surface area contributed by atoms with Crippen LogP contribution in [0, 0.1) is 0 Å². The van der Waals surface area contributed by atoms with Crippen molar-refractivity contribution < 1.29 is 13.9 Å². The molecule has 7 heteroatoms. The summed E-state index contributed by atoms with van der Waals surface area (Å²) in [5.74, 6) is 2.20. The van der Waals surface area contributed by atoms with Crippen LogP contribution in [0.2, 0.25) is 16.6 Å². The van der Waals surface area contributed by atoms with Crippen molar-refractivity contribution >= 4 is 8.32 Å². The Kier molecular flexibility index (Phi) is 8.68. The van der Waals surface area contributed by atoms with Crippen molar-refractivity contribution in [3.63, 3.8) is 0 Å². The van der Waals surface area contributed by atoms with Crippen LogP contribution < -0.4 is 19.5 Å². The van der Waals surface area contributed by atoms with E-state index in [0.29, 0.717) is 27.9 Å². The van der Waals surface area contributed by atoms with E-state index in [0.717, 1.165) is 28.3 Å². The lowest BCUT2D eigenvalue weighted by atomic mass is 9.99. The fourth-order valence-electron chi connectivity index (χ4n) is 6.00. The molecular weight excluding hydrogens is 480 g/mol. The molecule has 0 unspecified atom stereocenters. The van der Waals surface area contributed by atoms with Gasteiger partial charge < -0.3 is 13.9 Å². The first kappa shape index (κ1) is 28.6. The zero-order valence-corrected chi connectivity index (χ0v) is 25.4. The molecule has 0 fully saturated rings. The van der Waals surface area contributed by atoms with E-state index in [-0.39, 0.29) is 11.6 Å². The Balaban J connectivity index is 2.24. The van der Waals surface area contributed by atoms with E-state index in [1.54, 1.807) is 18.9 Å². The molecule has 0 atom stereocenters. The standard InChI is InChI=1S/C30H44N2O4Si/c1-19(2)32-29(23-12-14-24(34-10)15-13-23)28(30(33)31(32)9)26-17-16-25(18-27(26)35-11)36-37(20(3)4,21(5)6)22(7)8/h12-22H,1-11H3. The fraction of sp³-hybridized carbons (Fsp3) is 0.500. The molecule has 6 nitrogen and oxygen atoms in total. The summed E-state index contributed by atoms with van der Waals surface area (Å²) in [7, 11) is 2.97. The second kappa shape index (κ2) is 11.2. The first-order valence-electron chi connectivity index (χ1n) is 13.2. The Bertz CT molecular complexity index is 1250. The van der Waals surface area contributed by atoms with Gasteiger partial charge in [-0.05, 0) is 66.9 Å². The van der Waals surface area contributed by atoms with Gasteiger partial charge in [0.15, 0.2) is 0 Å². The smallest absolute Gasteiger partial charge is 0.275 e. The first-order valence-corrected chi connectivity index (χ1v) is 15.4. The highest BCUT2D eigenvalue weighted by Crippen LogP contribution is 2.45. The first-order chi connectivity index (χ1) is 17.4. The molecule has 0 bridgehead atoms. The van der Waals surface area contributed by atoms with Gasteiger partial charge >= 0.3 is 0 Å². The molecule has 1 heterocycles. The van der Waals surface area contributed by atoms with Crippen molar-refractivity contribution in [1.82, 2.24) is 9.36 Å². The third-order valence-electron chi connectivity index (χ3n) is 7.59. The van der Waals surface area contributed by atoms with Crippen molar-refractivity contribution in [3.05, 3.63) is 52.8 Å². The molecule has 1 aromatic heterocycles. The lowest BCUT2D eigenvalue weighted by Gasteiger charge is -2.42. The Labute approximate surface area is 223 Å². The third kappa shape index (κ3) is 5.11. The average Bonchev–Trinajstić information content (AvgIpc) is 3.12. The van der Waals surface area contributed by atoms with Gasteiger partial charge in [-0.15, -0.1) is 0 Å². The maximum Gasteiger partial charge on any atom is 0.275 e. The van der Waals surface area contributed by atoms with E-state index in [1.807, 2.05) is 54.2 Å². The third-order valence-corrected chi connectivity index (χ3v) is 13.6. The van der Waals surface area contributed by atoms with E-state index < -0.39 is 8.32 Å². The summed E-state index contributed by atoms with van der Waals surface area (Å²) in [6.07, 6.45) is 0. The van der Waals surface area contributed by atoms with Gasteiger partial charge in [-0.1, -0.05) is 41.5 Å². The molecule has 37 heavy (non-hydrogen) atoms. The Morgan fingerprint density at radius 3 is 1.76 bits per heavy atom. The van der Waals surface area contributed by atoms with Gasteiger partial charge in [0, 0.05) is 30.3 Å². The van der Waals surface area contributed by atoms with E-state index >= 15 is 0 Å². The predicted molar refractivity (Wildman–Crippen MR) is 156 cm³/mol. The monoisotopic (exact) mass is 524 g/mol. The molecule has 0 amide bonds. The van der Waals surface area contributed by atoms with E-state index in [2.05, 4.69) is 55.4 Å². The van der Waals surface area contributed by atoms with Crippen molar-refractivity contribution in [3.8, 4) is 39.6 Å². The van der Waals surface area contributed by atoms with Crippen LogP contribution in [-0.4, -0.2) is 31.9 Å². The van der Waals surface area contributed by atoms with E-state index in [9.17, 15) is 4.79 Å². The van der Waals surface area contributed by atoms with Crippen molar-refractivity contribution in [1.29, 1.82) is 0 Å². The maximum absolute atomic E-state index is 13.7. The second-order valence-corrected chi connectivity index (χ2v) is 16.4. The van der Waals surface area contributed by atoms with Crippen molar-refractivity contribution in [2.45, 2.75) is 78.1 Å². The van der Waals surface area contributed by atoms with E-state index in [1.165, 1.54) is 0 Å². The van der Waals surface area contributed by atoms with Crippen LogP contribution >= 0.6 is 0 Å². The highest BCUT2D eigenvalue weighted by atomic mass is 28.4. The molecule has 3 aromatic rings. The number of hydrogen-bond acceptors (Lipinski definition) is 4. The number of hydrogen-bond donors (Lipinski definition) is 0. The van der Waals surface area contributed by atoms with Gasteiger partial charge in [0.1, 0.15) is 17.2 Å². The molecule has 0 aliphatic rings. The number of benzene rings is 2. The summed E-state index contributed by atoms with van der Waals surface area (Å²) in [6.45, 7) is 17.8. The molecule has 202 valence electrons. The number of rotatable bonds is 10. The van der Waals surface area contributed by atoms with Gasteiger partial charge in [0.2, 0.25) is 0 Å². The SMILES string of the molecule is COc1ccc(-c2c(-c3ccc(O[Si](C(C)C)(C(C)C)C(C)C)cc3OC)c(=O)n(C)n2C(C)C)cc1. The highest BCUT2D eigenvalue weighted by Gasteiger charge is 2.47. The molecule has 0 aliphatic heterocycles. The molecular formula is C30H44N2O4Si. The van der Waals surface area contributed by atoms with Crippen LogP contribution in [0.15, 0.2) is 47.3 Å². The number of ether oxygens (including phenoxy) is 2. The van der Waals surface area contributed by atoms with Gasteiger partial charge in [-0.3, -0.25) is 14.2 Å². The zero-order chi connectivity index (χ0) is 27.7. The molecule has 0 N–H and O–H groups in total. The average molecular weight is 525 g/mol. The van der Waals surface area contributed by atoms with Crippen LogP contribution in [0.1, 0.15) is 61.4 Å². The Morgan fingerprint density at radius 1 is 0.757 bits per heavy atom. The van der Waals surface area contributed by atoms with Crippen molar-refractivity contribution in [2.75, 3.05) is 14.2 Å². The summed E-state index contributed by atoms with van der Waals surface area (Å²) in [5, 5.41) is 0. The van der Waals surface area contributed by atoms with Gasteiger partial charge in [0.05, 0.1) is 25.5 Å². The molecule has 0 aliphatic carbocycles. The van der Waals surface area contributed by atoms with Crippen LogP contribution in [0.5, 0.6) is 17.2 Å². The molecule has 0 spiro atoms. The number of nitrogens with zero attached hydrogens (tertiary/aromatic N) is 2. The second-order valence-electron chi connectivity index (χ2n) is 11.0. The largest absolute Gasteiger partial charge is 0.543 e. The fourth-order valence-corrected chi connectivity index (χ4v) is 11.2. The summed E-state index contributed by atoms with van der Waals surface area (Å²) in [5.41, 5.74) is 4.45. The summed E-state index contributed by atoms with van der Waals surface area (Å²) >= 11 is 0. The quantitative estimate of drug-likeness (QED) is 0.255. The van der Waals surface area contributed by atoms with Crippen LogP contribution in [0.25, 0.3) is 22.4 Å². The predicted octanol–water partition coefficient (Wildman–Crippen LogP) is 7.67. The minimum atomic E-state index is -2.14. The molecule has 0 saturated carbocycles. The minimum absolute atomic E-state index is 0.0678. The molecule has 2 aromatic carbocycles. The van der Waals surface area contributed by atoms with Gasteiger partial charge in [-0.2, -0.15) is 0 Å².